The Morgan fingerprint density at radius 3 is 2.64 bits per heavy atom. The lowest BCUT2D eigenvalue weighted by Crippen LogP contribution is -2.50. The molecular formula is C17H22N4O. The van der Waals surface area contributed by atoms with Gasteiger partial charge in [0.05, 0.1) is 6.33 Å². The van der Waals surface area contributed by atoms with E-state index in [1.807, 2.05) is 22.6 Å². The number of amides is 1. The maximum absolute atomic E-state index is 12.6. The molecule has 0 N–H and O–H groups in total. The van der Waals surface area contributed by atoms with Crippen LogP contribution in [0.2, 0.25) is 0 Å². The van der Waals surface area contributed by atoms with Crippen molar-refractivity contribution in [1.29, 1.82) is 0 Å². The molecule has 1 fully saturated rings. The van der Waals surface area contributed by atoms with Crippen LogP contribution in [0.25, 0.3) is 0 Å². The Kier molecular flexibility index (Phi) is 4.13. The number of aryl methyl sites for hydroxylation is 1. The highest BCUT2D eigenvalue weighted by atomic mass is 16.2. The maximum Gasteiger partial charge on any atom is 0.245 e. The van der Waals surface area contributed by atoms with E-state index < -0.39 is 0 Å². The molecule has 0 bridgehead atoms. The minimum absolute atomic E-state index is 0.168. The third-order valence-electron chi connectivity index (χ3n) is 4.29. The Balaban J connectivity index is 1.61. The van der Waals surface area contributed by atoms with Gasteiger partial charge < -0.3 is 14.4 Å². The van der Waals surface area contributed by atoms with Gasteiger partial charge in [-0.25, -0.2) is 4.98 Å². The minimum atomic E-state index is -0.187. The molecule has 1 aliphatic rings. The topological polar surface area (TPSA) is 41.4 Å². The number of aromatic nitrogens is 2. The van der Waals surface area contributed by atoms with Gasteiger partial charge in [0, 0.05) is 44.3 Å². The van der Waals surface area contributed by atoms with Gasteiger partial charge in [-0.1, -0.05) is 12.1 Å². The van der Waals surface area contributed by atoms with E-state index in [1.165, 1.54) is 11.3 Å². The summed E-state index contributed by atoms with van der Waals surface area (Å²) < 4.78 is 1.86. The third-order valence-corrected chi connectivity index (χ3v) is 4.29. The van der Waals surface area contributed by atoms with Crippen molar-refractivity contribution in [2.24, 2.45) is 0 Å². The second kappa shape index (κ2) is 6.22. The van der Waals surface area contributed by atoms with Crippen molar-refractivity contribution in [3.63, 3.8) is 0 Å². The van der Waals surface area contributed by atoms with E-state index in [1.54, 1.807) is 12.5 Å². The summed E-state index contributed by atoms with van der Waals surface area (Å²) in [7, 11) is 0. The average Bonchev–Trinajstić information content (AvgIpc) is 3.08. The van der Waals surface area contributed by atoms with E-state index in [4.69, 9.17) is 0 Å². The first kappa shape index (κ1) is 14.6. The Hall–Kier alpha value is -2.30. The number of hydrogen-bond donors (Lipinski definition) is 0. The smallest absolute Gasteiger partial charge is 0.245 e. The maximum atomic E-state index is 12.6. The molecule has 0 aliphatic carbocycles. The van der Waals surface area contributed by atoms with Crippen molar-refractivity contribution in [3.05, 3.63) is 48.5 Å². The summed E-state index contributed by atoms with van der Waals surface area (Å²) in [6, 6.07) is 8.34. The number of rotatable bonds is 3. The van der Waals surface area contributed by atoms with Crippen LogP contribution in [0.5, 0.6) is 0 Å². The SMILES string of the molecule is Cc1cccc(N2CCN(C(=O)C(C)n3ccnc3)CC2)c1. The first-order chi connectivity index (χ1) is 10.6. The number of carbonyl (C=O) groups excluding carboxylic acids is 1. The van der Waals surface area contributed by atoms with E-state index in [-0.39, 0.29) is 11.9 Å². The molecule has 0 spiro atoms. The van der Waals surface area contributed by atoms with Gasteiger partial charge in [0.1, 0.15) is 6.04 Å². The number of imidazole rings is 1. The van der Waals surface area contributed by atoms with Crippen molar-refractivity contribution in [2.75, 3.05) is 31.1 Å². The van der Waals surface area contributed by atoms with Gasteiger partial charge in [0.2, 0.25) is 5.91 Å². The quantitative estimate of drug-likeness (QED) is 0.871. The highest BCUT2D eigenvalue weighted by Gasteiger charge is 2.25. The normalized spacial score (nSPS) is 16.6. The van der Waals surface area contributed by atoms with E-state index in [0.29, 0.717) is 0 Å². The molecule has 1 atom stereocenters. The lowest BCUT2D eigenvalue weighted by Gasteiger charge is -2.37. The van der Waals surface area contributed by atoms with Gasteiger partial charge in [-0.3, -0.25) is 4.79 Å². The van der Waals surface area contributed by atoms with Gasteiger partial charge in [-0.15, -0.1) is 0 Å². The molecule has 2 aromatic rings. The summed E-state index contributed by atoms with van der Waals surface area (Å²) in [6.45, 7) is 7.34. The van der Waals surface area contributed by atoms with Gasteiger partial charge >= 0.3 is 0 Å². The van der Waals surface area contributed by atoms with Crippen molar-refractivity contribution < 1.29 is 4.79 Å². The zero-order chi connectivity index (χ0) is 15.5. The molecule has 1 saturated heterocycles. The van der Waals surface area contributed by atoms with E-state index >= 15 is 0 Å². The number of benzene rings is 1. The largest absolute Gasteiger partial charge is 0.368 e. The zero-order valence-electron chi connectivity index (χ0n) is 13.1. The number of anilines is 1. The molecule has 0 saturated carbocycles. The fourth-order valence-corrected chi connectivity index (χ4v) is 2.90. The second-order valence-electron chi connectivity index (χ2n) is 5.84. The number of nitrogens with zero attached hydrogens (tertiary/aromatic N) is 4. The van der Waals surface area contributed by atoms with Gasteiger partial charge in [-0.2, -0.15) is 0 Å². The molecule has 1 amide bonds. The molecule has 22 heavy (non-hydrogen) atoms. The van der Waals surface area contributed by atoms with Crippen molar-refractivity contribution in [1.82, 2.24) is 14.5 Å². The molecular weight excluding hydrogens is 276 g/mol. The number of hydrogen-bond acceptors (Lipinski definition) is 3. The molecule has 3 rings (SSSR count). The Bertz CT molecular complexity index is 630. The van der Waals surface area contributed by atoms with E-state index in [2.05, 4.69) is 41.1 Å². The predicted molar refractivity (Wildman–Crippen MR) is 86.9 cm³/mol. The zero-order valence-corrected chi connectivity index (χ0v) is 13.1. The van der Waals surface area contributed by atoms with Crippen LogP contribution in [0.3, 0.4) is 0 Å². The van der Waals surface area contributed by atoms with Crippen LogP contribution in [-0.4, -0.2) is 46.5 Å². The summed E-state index contributed by atoms with van der Waals surface area (Å²) in [5.41, 5.74) is 2.51. The second-order valence-corrected chi connectivity index (χ2v) is 5.84. The highest BCUT2D eigenvalue weighted by molar-refractivity contribution is 5.80. The summed E-state index contributed by atoms with van der Waals surface area (Å²) in [6.07, 6.45) is 5.25. The van der Waals surface area contributed by atoms with Crippen molar-refractivity contribution in [3.8, 4) is 0 Å². The summed E-state index contributed by atoms with van der Waals surface area (Å²) in [5, 5.41) is 0. The molecule has 1 aromatic heterocycles. The van der Waals surface area contributed by atoms with Crippen LogP contribution >= 0.6 is 0 Å². The average molecular weight is 298 g/mol. The summed E-state index contributed by atoms with van der Waals surface area (Å²) in [4.78, 5) is 20.9. The lowest BCUT2D eigenvalue weighted by molar-refractivity contribution is -0.134. The predicted octanol–water partition coefficient (Wildman–Crippen LogP) is 2.10. The molecule has 1 aliphatic heterocycles. The van der Waals surface area contributed by atoms with Crippen LogP contribution < -0.4 is 4.90 Å². The minimum Gasteiger partial charge on any atom is -0.368 e. The Morgan fingerprint density at radius 2 is 2.00 bits per heavy atom. The first-order valence-corrected chi connectivity index (χ1v) is 7.73. The van der Waals surface area contributed by atoms with Gasteiger partial charge in [0.25, 0.3) is 0 Å². The first-order valence-electron chi connectivity index (χ1n) is 7.73. The molecule has 2 heterocycles. The summed E-state index contributed by atoms with van der Waals surface area (Å²) >= 11 is 0. The number of carbonyl (C=O) groups is 1. The highest BCUT2D eigenvalue weighted by Crippen LogP contribution is 2.19. The van der Waals surface area contributed by atoms with Gasteiger partial charge in [-0.05, 0) is 31.5 Å². The van der Waals surface area contributed by atoms with Crippen molar-refractivity contribution >= 4 is 11.6 Å². The van der Waals surface area contributed by atoms with E-state index in [0.717, 1.165) is 26.2 Å². The van der Waals surface area contributed by atoms with Crippen LogP contribution in [0.15, 0.2) is 43.0 Å². The fourth-order valence-electron chi connectivity index (χ4n) is 2.90. The molecule has 116 valence electrons. The van der Waals surface area contributed by atoms with E-state index in [9.17, 15) is 4.79 Å². The van der Waals surface area contributed by atoms with Crippen LogP contribution in [-0.2, 0) is 4.79 Å². The molecule has 5 heteroatoms. The fraction of sp³-hybridized carbons (Fsp3) is 0.412. The molecule has 1 unspecified atom stereocenters. The monoisotopic (exact) mass is 298 g/mol. The molecule has 5 nitrogen and oxygen atoms in total. The van der Waals surface area contributed by atoms with Crippen LogP contribution in [0, 0.1) is 6.92 Å². The Morgan fingerprint density at radius 1 is 1.23 bits per heavy atom. The number of piperazine rings is 1. The van der Waals surface area contributed by atoms with Gasteiger partial charge in [0.15, 0.2) is 0 Å². The molecule has 0 radical (unpaired) electrons. The van der Waals surface area contributed by atoms with Crippen LogP contribution in [0.4, 0.5) is 5.69 Å². The molecule has 1 aromatic carbocycles. The Labute approximate surface area is 131 Å². The summed E-state index contributed by atoms with van der Waals surface area (Å²) in [5.74, 6) is 0.168. The van der Waals surface area contributed by atoms with Crippen LogP contribution in [0.1, 0.15) is 18.5 Å². The van der Waals surface area contributed by atoms with Crippen molar-refractivity contribution in [2.45, 2.75) is 19.9 Å². The third kappa shape index (κ3) is 2.98. The lowest BCUT2D eigenvalue weighted by atomic mass is 10.2. The standard InChI is InChI=1S/C17H22N4O/c1-14-4-3-5-16(12-14)19-8-10-20(11-9-19)17(22)15(2)21-7-6-18-13-21/h3-7,12-13,15H,8-11H2,1-2H3.